The number of hydrogen-bond donors (Lipinski definition) is 1. The minimum atomic E-state index is -0.739. The van der Waals surface area contributed by atoms with E-state index in [4.69, 9.17) is 4.74 Å². The Morgan fingerprint density at radius 1 is 1.26 bits per heavy atom. The number of carbonyl (C=O) groups excluding carboxylic acids is 2. The van der Waals surface area contributed by atoms with Gasteiger partial charge in [-0.2, -0.15) is 0 Å². The van der Waals surface area contributed by atoms with E-state index >= 15 is 0 Å². The van der Waals surface area contributed by atoms with Gasteiger partial charge in [-0.05, 0) is 28.1 Å². The third-order valence-corrected chi connectivity index (χ3v) is 3.48. The molecule has 0 aromatic heterocycles. The Morgan fingerprint density at radius 2 is 1.84 bits per heavy atom. The Balaban J connectivity index is 2.83. The second-order valence-electron chi connectivity index (χ2n) is 5.03. The molecule has 0 saturated carbocycles. The van der Waals surface area contributed by atoms with Crippen LogP contribution in [0.1, 0.15) is 31.1 Å². The molecule has 0 radical (unpaired) electrons. The number of carbonyl (C=O) groups is 2. The predicted octanol–water partition coefficient (Wildman–Crippen LogP) is 3.69. The van der Waals surface area contributed by atoms with Crippen molar-refractivity contribution in [1.29, 1.82) is 0 Å². The van der Waals surface area contributed by atoms with Gasteiger partial charge in [-0.25, -0.2) is 4.79 Å². The van der Waals surface area contributed by atoms with Gasteiger partial charge in [-0.3, -0.25) is 4.79 Å². The monoisotopic (exact) mass is 392 g/mol. The van der Waals surface area contributed by atoms with Gasteiger partial charge >= 0.3 is 5.97 Å². The summed E-state index contributed by atoms with van der Waals surface area (Å²) in [5.41, 5.74) is -0.567. The quantitative estimate of drug-likeness (QED) is 0.795. The lowest BCUT2D eigenvalue weighted by Gasteiger charge is -2.16. The standard InChI is InChI=1S/C13H14Br2O4/c1-13(2,3)10(16)6-19-12(18)8-4-7(14)5-9(15)11(8)17/h4-5,17H,6H2,1-3H3. The summed E-state index contributed by atoms with van der Waals surface area (Å²) in [6.07, 6.45) is 0. The van der Waals surface area contributed by atoms with Crippen LogP contribution in [0.3, 0.4) is 0 Å². The SMILES string of the molecule is CC(C)(C)C(=O)COC(=O)c1cc(Br)cc(Br)c1O. The zero-order valence-corrected chi connectivity index (χ0v) is 14.0. The number of halogens is 2. The van der Waals surface area contributed by atoms with Crippen LogP contribution in [0.15, 0.2) is 21.1 Å². The average molecular weight is 394 g/mol. The summed E-state index contributed by atoms with van der Waals surface area (Å²) in [5.74, 6) is -1.14. The van der Waals surface area contributed by atoms with Gasteiger partial charge in [-0.15, -0.1) is 0 Å². The van der Waals surface area contributed by atoms with Crippen LogP contribution in [-0.2, 0) is 9.53 Å². The molecule has 1 rings (SSSR count). The Morgan fingerprint density at radius 3 is 2.37 bits per heavy atom. The topological polar surface area (TPSA) is 63.6 Å². The molecule has 0 spiro atoms. The number of ether oxygens (including phenoxy) is 1. The number of benzene rings is 1. The Kier molecular flexibility index (Phi) is 5.15. The van der Waals surface area contributed by atoms with Crippen LogP contribution in [0.2, 0.25) is 0 Å². The van der Waals surface area contributed by atoms with Crippen LogP contribution < -0.4 is 0 Å². The summed E-state index contributed by atoms with van der Waals surface area (Å²) in [4.78, 5) is 23.5. The first kappa shape index (κ1) is 16.2. The number of phenols is 1. The molecular formula is C13H14Br2O4. The molecule has 1 aromatic carbocycles. The van der Waals surface area contributed by atoms with Crippen molar-refractivity contribution < 1.29 is 19.4 Å². The van der Waals surface area contributed by atoms with E-state index in [9.17, 15) is 14.7 Å². The van der Waals surface area contributed by atoms with Crippen LogP contribution in [0.25, 0.3) is 0 Å². The predicted molar refractivity (Wildman–Crippen MR) is 78.3 cm³/mol. The van der Waals surface area contributed by atoms with Gasteiger partial charge in [-0.1, -0.05) is 36.7 Å². The first-order chi connectivity index (χ1) is 8.62. The third-order valence-electron chi connectivity index (χ3n) is 2.42. The van der Waals surface area contributed by atoms with E-state index in [1.165, 1.54) is 6.07 Å². The number of hydrogen-bond acceptors (Lipinski definition) is 4. The normalized spacial score (nSPS) is 11.2. The van der Waals surface area contributed by atoms with Crippen LogP contribution in [0.5, 0.6) is 5.75 Å². The van der Waals surface area contributed by atoms with Crippen molar-refractivity contribution in [2.24, 2.45) is 5.41 Å². The van der Waals surface area contributed by atoms with Gasteiger partial charge in [0.2, 0.25) is 0 Å². The molecule has 0 saturated heterocycles. The highest BCUT2D eigenvalue weighted by Gasteiger charge is 2.24. The fourth-order valence-electron chi connectivity index (χ4n) is 1.15. The van der Waals surface area contributed by atoms with Crippen LogP contribution in [0, 0.1) is 5.41 Å². The Labute approximate surface area is 128 Å². The van der Waals surface area contributed by atoms with E-state index in [0.29, 0.717) is 8.95 Å². The van der Waals surface area contributed by atoms with Gasteiger partial charge < -0.3 is 9.84 Å². The molecule has 19 heavy (non-hydrogen) atoms. The van der Waals surface area contributed by atoms with Crippen LogP contribution in [0.4, 0.5) is 0 Å². The lowest BCUT2D eigenvalue weighted by atomic mass is 9.91. The summed E-state index contributed by atoms with van der Waals surface area (Å²) in [5, 5.41) is 9.76. The summed E-state index contributed by atoms with van der Waals surface area (Å²) >= 11 is 6.33. The molecule has 0 aliphatic rings. The van der Waals surface area contributed by atoms with E-state index < -0.39 is 11.4 Å². The fourth-order valence-corrected chi connectivity index (χ4v) is 2.37. The Bertz CT molecular complexity index is 518. The molecule has 0 heterocycles. The second-order valence-corrected chi connectivity index (χ2v) is 6.80. The molecular weight excluding hydrogens is 380 g/mol. The van der Waals surface area contributed by atoms with E-state index in [0.717, 1.165) is 0 Å². The lowest BCUT2D eigenvalue weighted by molar-refractivity contribution is -0.129. The lowest BCUT2D eigenvalue weighted by Crippen LogP contribution is -2.26. The maximum atomic E-state index is 11.8. The number of phenolic OH excluding ortho intramolecular Hbond substituents is 1. The van der Waals surface area contributed by atoms with Crippen LogP contribution >= 0.6 is 31.9 Å². The van der Waals surface area contributed by atoms with Crippen LogP contribution in [-0.4, -0.2) is 23.5 Å². The van der Waals surface area contributed by atoms with E-state index in [-0.39, 0.29) is 23.7 Å². The number of rotatable bonds is 3. The van der Waals surface area contributed by atoms with Crippen molar-refractivity contribution >= 4 is 43.6 Å². The number of ketones is 1. The minimum absolute atomic E-state index is 0.00274. The highest BCUT2D eigenvalue weighted by atomic mass is 79.9. The maximum Gasteiger partial charge on any atom is 0.342 e. The average Bonchev–Trinajstić information content (AvgIpc) is 2.28. The first-order valence-corrected chi connectivity index (χ1v) is 7.10. The molecule has 0 aliphatic carbocycles. The molecule has 0 bridgehead atoms. The number of Topliss-reactive ketones (excluding diaryl/α,β-unsaturated/α-hetero) is 1. The van der Waals surface area contributed by atoms with Gasteiger partial charge in [0.15, 0.2) is 12.4 Å². The fraction of sp³-hybridized carbons (Fsp3) is 0.385. The third kappa shape index (κ3) is 4.31. The summed E-state index contributed by atoms with van der Waals surface area (Å²) in [6.45, 7) is 4.93. The Hall–Kier alpha value is -0.880. The molecule has 0 unspecified atom stereocenters. The second kappa shape index (κ2) is 6.05. The summed E-state index contributed by atoms with van der Waals surface area (Å²) in [7, 11) is 0. The smallest absolute Gasteiger partial charge is 0.342 e. The first-order valence-electron chi connectivity index (χ1n) is 5.51. The zero-order chi connectivity index (χ0) is 14.8. The molecule has 0 amide bonds. The van der Waals surface area contributed by atoms with E-state index in [1.807, 2.05) is 0 Å². The van der Waals surface area contributed by atoms with Gasteiger partial charge in [0.05, 0.1) is 4.47 Å². The summed E-state index contributed by atoms with van der Waals surface area (Å²) < 4.78 is 5.91. The molecule has 0 fully saturated rings. The molecule has 0 atom stereocenters. The van der Waals surface area contributed by atoms with Gasteiger partial charge in [0, 0.05) is 9.89 Å². The van der Waals surface area contributed by atoms with Crippen molar-refractivity contribution in [1.82, 2.24) is 0 Å². The van der Waals surface area contributed by atoms with Crippen molar-refractivity contribution in [3.63, 3.8) is 0 Å². The highest BCUT2D eigenvalue weighted by Crippen LogP contribution is 2.32. The van der Waals surface area contributed by atoms with E-state index in [2.05, 4.69) is 31.9 Å². The molecule has 0 aliphatic heterocycles. The highest BCUT2D eigenvalue weighted by molar-refractivity contribution is 9.11. The van der Waals surface area contributed by atoms with Crippen molar-refractivity contribution in [3.8, 4) is 5.75 Å². The molecule has 1 N–H and O–H groups in total. The zero-order valence-electron chi connectivity index (χ0n) is 10.8. The number of aromatic hydroxyl groups is 1. The van der Waals surface area contributed by atoms with Gasteiger partial charge in [0.1, 0.15) is 11.3 Å². The molecule has 6 heteroatoms. The van der Waals surface area contributed by atoms with Crippen molar-refractivity contribution in [2.45, 2.75) is 20.8 Å². The molecule has 1 aromatic rings. The summed E-state index contributed by atoms with van der Waals surface area (Å²) in [6, 6.07) is 3.04. The minimum Gasteiger partial charge on any atom is -0.506 e. The largest absolute Gasteiger partial charge is 0.506 e. The maximum absolute atomic E-state index is 11.8. The van der Waals surface area contributed by atoms with E-state index in [1.54, 1.807) is 26.8 Å². The molecule has 4 nitrogen and oxygen atoms in total. The van der Waals surface area contributed by atoms with Crippen molar-refractivity contribution in [3.05, 3.63) is 26.6 Å². The number of esters is 1. The molecule has 104 valence electrons. The van der Waals surface area contributed by atoms with Crippen molar-refractivity contribution in [2.75, 3.05) is 6.61 Å². The van der Waals surface area contributed by atoms with Gasteiger partial charge in [0.25, 0.3) is 0 Å².